The average molecular weight is 238 g/mol. The standard InChI is InChI=1S/C11H9ClFN3/c12-10-2-1-8(13)5-9(10)11(14)7-3-4-15-16-6-7/h1-6,11H,14H2. The van der Waals surface area contributed by atoms with Crippen LogP contribution in [0, 0.1) is 5.82 Å². The molecule has 16 heavy (non-hydrogen) atoms. The lowest BCUT2D eigenvalue weighted by molar-refractivity contribution is 0.623. The van der Waals surface area contributed by atoms with E-state index in [-0.39, 0.29) is 5.82 Å². The van der Waals surface area contributed by atoms with E-state index in [1.807, 2.05) is 0 Å². The molecule has 1 aromatic heterocycles. The zero-order valence-electron chi connectivity index (χ0n) is 8.27. The van der Waals surface area contributed by atoms with Gasteiger partial charge in [0.2, 0.25) is 0 Å². The van der Waals surface area contributed by atoms with E-state index < -0.39 is 6.04 Å². The van der Waals surface area contributed by atoms with Crippen LogP contribution in [-0.4, -0.2) is 10.2 Å². The average Bonchev–Trinajstić information content (AvgIpc) is 2.32. The minimum absolute atomic E-state index is 0.364. The first kappa shape index (κ1) is 11.0. The second-order valence-corrected chi connectivity index (χ2v) is 3.73. The third-order valence-electron chi connectivity index (χ3n) is 2.26. The predicted octanol–water partition coefficient (Wildman–Crippen LogP) is 2.32. The van der Waals surface area contributed by atoms with Crippen LogP contribution in [0.5, 0.6) is 0 Å². The fraction of sp³-hybridized carbons (Fsp3) is 0.0909. The Morgan fingerprint density at radius 1 is 1.25 bits per heavy atom. The number of nitrogens with zero attached hydrogens (tertiary/aromatic N) is 2. The van der Waals surface area contributed by atoms with Crippen molar-refractivity contribution in [3.63, 3.8) is 0 Å². The molecule has 0 aliphatic rings. The summed E-state index contributed by atoms with van der Waals surface area (Å²) in [4.78, 5) is 0. The Balaban J connectivity index is 2.41. The smallest absolute Gasteiger partial charge is 0.123 e. The van der Waals surface area contributed by atoms with Crippen LogP contribution >= 0.6 is 11.6 Å². The highest BCUT2D eigenvalue weighted by molar-refractivity contribution is 6.31. The number of hydrogen-bond acceptors (Lipinski definition) is 3. The molecule has 2 aromatic rings. The summed E-state index contributed by atoms with van der Waals surface area (Å²) in [5.74, 6) is -0.364. The van der Waals surface area contributed by atoms with Gasteiger partial charge in [0.25, 0.3) is 0 Å². The number of hydrogen-bond donors (Lipinski definition) is 1. The highest BCUT2D eigenvalue weighted by Gasteiger charge is 2.13. The highest BCUT2D eigenvalue weighted by atomic mass is 35.5. The fourth-order valence-corrected chi connectivity index (χ4v) is 1.65. The van der Waals surface area contributed by atoms with Crippen LogP contribution in [0.3, 0.4) is 0 Å². The Hall–Kier alpha value is -1.52. The Bertz CT molecular complexity index is 490. The summed E-state index contributed by atoms with van der Waals surface area (Å²) in [6.45, 7) is 0. The van der Waals surface area contributed by atoms with Crippen molar-refractivity contribution in [1.29, 1.82) is 0 Å². The third-order valence-corrected chi connectivity index (χ3v) is 2.60. The SMILES string of the molecule is NC(c1ccnnc1)c1cc(F)ccc1Cl. The van der Waals surface area contributed by atoms with Gasteiger partial charge in [0.1, 0.15) is 5.82 Å². The number of nitrogens with two attached hydrogens (primary N) is 1. The Morgan fingerprint density at radius 2 is 2.06 bits per heavy atom. The Morgan fingerprint density at radius 3 is 2.75 bits per heavy atom. The number of rotatable bonds is 2. The van der Waals surface area contributed by atoms with Gasteiger partial charge < -0.3 is 5.73 Å². The molecule has 0 radical (unpaired) electrons. The van der Waals surface area contributed by atoms with Crippen molar-refractivity contribution in [2.24, 2.45) is 5.73 Å². The van der Waals surface area contributed by atoms with Crippen LogP contribution in [-0.2, 0) is 0 Å². The molecule has 3 nitrogen and oxygen atoms in total. The highest BCUT2D eigenvalue weighted by Crippen LogP contribution is 2.26. The van der Waals surface area contributed by atoms with E-state index in [4.69, 9.17) is 17.3 Å². The van der Waals surface area contributed by atoms with E-state index in [0.717, 1.165) is 5.56 Å². The molecule has 1 aromatic carbocycles. The monoisotopic (exact) mass is 237 g/mol. The molecule has 5 heteroatoms. The lowest BCUT2D eigenvalue weighted by Crippen LogP contribution is -2.13. The largest absolute Gasteiger partial charge is 0.320 e. The van der Waals surface area contributed by atoms with E-state index >= 15 is 0 Å². The minimum Gasteiger partial charge on any atom is -0.320 e. The molecule has 0 amide bonds. The summed E-state index contributed by atoms with van der Waals surface area (Å²) >= 11 is 5.96. The number of halogens is 2. The first-order chi connectivity index (χ1) is 7.68. The molecule has 0 fully saturated rings. The summed E-state index contributed by atoms with van der Waals surface area (Å²) in [5, 5.41) is 7.80. The molecule has 1 atom stereocenters. The molecule has 82 valence electrons. The fourth-order valence-electron chi connectivity index (χ4n) is 1.42. The van der Waals surface area contributed by atoms with Crippen molar-refractivity contribution in [3.8, 4) is 0 Å². The molecule has 2 N–H and O–H groups in total. The van der Waals surface area contributed by atoms with Gasteiger partial charge in [-0.3, -0.25) is 0 Å². The van der Waals surface area contributed by atoms with E-state index in [1.54, 1.807) is 6.07 Å². The molecule has 0 aliphatic heterocycles. The van der Waals surface area contributed by atoms with Gasteiger partial charge in [0, 0.05) is 11.2 Å². The van der Waals surface area contributed by atoms with Crippen LogP contribution in [0.2, 0.25) is 5.02 Å². The van der Waals surface area contributed by atoms with Crippen LogP contribution in [0.25, 0.3) is 0 Å². The maximum atomic E-state index is 13.1. The van der Waals surface area contributed by atoms with Crippen LogP contribution in [0.15, 0.2) is 36.7 Å². The minimum atomic E-state index is -0.501. The zero-order chi connectivity index (χ0) is 11.5. The van der Waals surface area contributed by atoms with Crippen LogP contribution in [0.4, 0.5) is 4.39 Å². The van der Waals surface area contributed by atoms with Crippen molar-refractivity contribution in [2.75, 3.05) is 0 Å². The molecule has 0 spiro atoms. The third kappa shape index (κ3) is 2.18. The maximum absolute atomic E-state index is 13.1. The molecule has 0 saturated carbocycles. The van der Waals surface area contributed by atoms with E-state index in [2.05, 4.69) is 10.2 Å². The zero-order valence-corrected chi connectivity index (χ0v) is 9.03. The van der Waals surface area contributed by atoms with Crippen molar-refractivity contribution in [2.45, 2.75) is 6.04 Å². The first-order valence-corrected chi connectivity index (χ1v) is 5.03. The van der Waals surface area contributed by atoms with Gasteiger partial charge in [-0.2, -0.15) is 10.2 Å². The summed E-state index contributed by atoms with van der Waals surface area (Å²) in [6.07, 6.45) is 3.06. The summed E-state index contributed by atoms with van der Waals surface area (Å²) in [7, 11) is 0. The van der Waals surface area contributed by atoms with Gasteiger partial charge in [0.15, 0.2) is 0 Å². The van der Waals surface area contributed by atoms with E-state index in [9.17, 15) is 4.39 Å². The Labute approximate surface area is 97.1 Å². The molecule has 2 rings (SSSR count). The quantitative estimate of drug-likeness (QED) is 0.872. The Kier molecular flexibility index (Phi) is 3.12. The molecule has 0 saturated heterocycles. The van der Waals surface area contributed by atoms with E-state index in [0.29, 0.717) is 10.6 Å². The van der Waals surface area contributed by atoms with Gasteiger partial charge in [0.05, 0.1) is 12.2 Å². The lowest BCUT2D eigenvalue weighted by atomic mass is 10.0. The molecular formula is C11H9ClFN3. The number of aromatic nitrogens is 2. The van der Waals surface area contributed by atoms with Gasteiger partial charge in [-0.15, -0.1) is 0 Å². The second kappa shape index (κ2) is 4.55. The first-order valence-electron chi connectivity index (χ1n) is 4.65. The van der Waals surface area contributed by atoms with Crippen molar-refractivity contribution in [3.05, 3.63) is 58.6 Å². The molecule has 1 unspecified atom stereocenters. The molecular weight excluding hydrogens is 229 g/mol. The number of benzene rings is 1. The van der Waals surface area contributed by atoms with Gasteiger partial charge >= 0.3 is 0 Å². The maximum Gasteiger partial charge on any atom is 0.123 e. The van der Waals surface area contributed by atoms with Gasteiger partial charge in [-0.1, -0.05) is 11.6 Å². The van der Waals surface area contributed by atoms with Gasteiger partial charge in [-0.25, -0.2) is 4.39 Å². The summed E-state index contributed by atoms with van der Waals surface area (Å²) in [5.41, 5.74) is 7.24. The normalized spacial score (nSPS) is 12.4. The van der Waals surface area contributed by atoms with Crippen LogP contribution < -0.4 is 5.73 Å². The topological polar surface area (TPSA) is 51.8 Å². The summed E-state index contributed by atoms with van der Waals surface area (Å²) < 4.78 is 13.1. The molecule has 0 aliphatic carbocycles. The van der Waals surface area contributed by atoms with Crippen molar-refractivity contribution < 1.29 is 4.39 Å². The van der Waals surface area contributed by atoms with Gasteiger partial charge in [-0.05, 0) is 35.4 Å². The summed E-state index contributed by atoms with van der Waals surface area (Å²) in [6, 6.07) is 5.33. The van der Waals surface area contributed by atoms with Crippen LogP contribution in [0.1, 0.15) is 17.2 Å². The predicted molar refractivity (Wildman–Crippen MR) is 59.5 cm³/mol. The van der Waals surface area contributed by atoms with E-state index in [1.165, 1.54) is 30.6 Å². The van der Waals surface area contributed by atoms with Crippen molar-refractivity contribution >= 4 is 11.6 Å². The second-order valence-electron chi connectivity index (χ2n) is 3.32. The molecule has 1 heterocycles. The lowest BCUT2D eigenvalue weighted by Gasteiger charge is -2.13. The van der Waals surface area contributed by atoms with Crippen molar-refractivity contribution in [1.82, 2.24) is 10.2 Å². The molecule has 0 bridgehead atoms.